The summed E-state index contributed by atoms with van der Waals surface area (Å²) in [7, 11) is 0. The molecule has 0 fully saturated rings. The maximum atomic E-state index is 12.9. The van der Waals surface area contributed by atoms with Gasteiger partial charge in [-0.15, -0.1) is 0 Å². The van der Waals surface area contributed by atoms with Crippen LogP contribution in [-0.4, -0.2) is 30.4 Å². The molecule has 1 heterocycles. The molecule has 2 N–H and O–H groups in total. The van der Waals surface area contributed by atoms with Crippen LogP contribution in [0.4, 0.5) is 0 Å². The second-order valence-corrected chi connectivity index (χ2v) is 6.92. The Bertz CT molecular complexity index is 873. The highest BCUT2D eigenvalue weighted by atomic mass is 35.5. The van der Waals surface area contributed by atoms with Crippen molar-refractivity contribution in [2.75, 3.05) is 6.61 Å². The zero-order chi connectivity index (χ0) is 21.4. The number of hydrogen-bond acceptors (Lipinski definition) is 5. The van der Waals surface area contributed by atoms with Gasteiger partial charge in [-0.25, -0.2) is 4.79 Å². The molecule has 2 amide bonds. The minimum atomic E-state index is -0.864. The van der Waals surface area contributed by atoms with E-state index in [-0.39, 0.29) is 24.0 Å². The minimum Gasteiger partial charge on any atom is -0.464 e. The monoisotopic (exact) mass is 418 g/mol. The summed E-state index contributed by atoms with van der Waals surface area (Å²) in [6.45, 7) is 5.45. The molecule has 0 saturated carbocycles. The first-order chi connectivity index (χ1) is 13.8. The van der Waals surface area contributed by atoms with Crippen molar-refractivity contribution >= 4 is 35.5 Å². The minimum absolute atomic E-state index is 0.0469. The van der Waals surface area contributed by atoms with Gasteiger partial charge in [0.15, 0.2) is 5.76 Å². The van der Waals surface area contributed by atoms with Gasteiger partial charge in [0.2, 0.25) is 0 Å². The molecule has 0 saturated heterocycles. The molecular formula is C21H23ClN2O5. The van der Waals surface area contributed by atoms with Crippen LogP contribution >= 0.6 is 11.6 Å². The Morgan fingerprint density at radius 1 is 1.17 bits per heavy atom. The van der Waals surface area contributed by atoms with Crippen molar-refractivity contribution < 1.29 is 23.5 Å². The Labute approximate surface area is 174 Å². The average molecular weight is 419 g/mol. The fourth-order valence-electron chi connectivity index (χ4n) is 2.42. The van der Waals surface area contributed by atoms with E-state index < -0.39 is 23.8 Å². The number of hydrogen-bond donors (Lipinski definition) is 2. The van der Waals surface area contributed by atoms with E-state index in [0.29, 0.717) is 10.6 Å². The fraction of sp³-hybridized carbons (Fsp3) is 0.286. The summed E-state index contributed by atoms with van der Waals surface area (Å²) < 4.78 is 10.1. The Morgan fingerprint density at radius 2 is 1.86 bits per heavy atom. The second kappa shape index (κ2) is 10.5. The van der Waals surface area contributed by atoms with Crippen molar-refractivity contribution in [3.8, 4) is 0 Å². The first-order valence-electron chi connectivity index (χ1n) is 9.11. The zero-order valence-electron chi connectivity index (χ0n) is 16.4. The number of nitrogens with one attached hydrogen (secondary N) is 2. The zero-order valence-corrected chi connectivity index (χ0v) is 17.2. The number of carbonyl (C=O) groups is 3. The van der Waals surface area contributed by atoms with E-state index in [4.69, 9.17) is 20.8 Å². The SMILES string of the molecule is CCOC(=O)[C@@H](NC(=O)/C(=C\c1ccc(Cl)cc1)NC(=O)c1ccco1)C(C)C. The molecular weight excluding hydrogens is 396 g/mol. The summed E-state index contributed by atoms with van der Waals surface area (Å²) in [6, 6.07) is 8.88. The van der Waals surface area contributed by atoms with Crippen molar-refractivity contribution in [1.82, 2.24) is 10.6 Å². The number of carbonyl (C=O) groups excluding carboxylic acids is 3. The summed E-state index contributed by atoms with van der Waals surface area (Å²) in [4.78, 5) is 37.4. The molecule has 0 radical (unpaired) electrons. The van der Waals surface area contributed by atoms with Crippen LogP contribution in [0.15, 0.2) is 52.8 Å². The van der Waals surface area contributed by atoms with Crippen molar-refractivity contribution in [2.24, 2.45) is 5.92 Å². The Hall–Kier alpha value is -3.06. The predicted octanol–water partition coefficient (Wildman–Crippen LogP) is 3.41. The van der Waals surface area contributed by atoms with Gasteiger partial charge in [-0.05, 0) is 48.7 Å². The van der Waals surface area contributed by atoms with Crippen molar-refractivity contribution in [1.29, 1.82) is 0 Å². The molecule has 154 valence electrons. The van der Waals surface area contributed by atoms with E-state index in [9.17, 15) is 14.4 Å². The number of furan rings is 1. The van der Waals surface area contributed by atoms with Crippen LogP contribution in [0, 0.1) is 5.92 Å². The van der Waals surface area contributed by atoms with Gasteiger partial charge in [0.05, 0.1) is 12.9 Å². The van der Waals surface area contributed by atoms with Gasteiger partial charge in [-0.2, -0.15) is 0 Å². The highest BCUT2D eigenvalue weighted by Gasteiger charge is 2.27. The van der Waals surface area contributed by atoms with Crippen LogP contribution in [0.25, 0.3) is 6.08 Å². The van der Waals surface area contributed by atoms with Crippen LogP contribution < -0.4 is 10.6 Å². The van der Waals surface area contributed by atoms with Gasteiger partial charge >= 0.3 is 5.97 Å². The smallest absolute Gasteiger partial charge is 0.328 e. The molecule has 0 aliphatic carbocycles. The normalized spacial score (nSPS) is 12.4. The second-order valence-electron chi connectivity index (χ2n) is 6.49. The van der Waals surface area contributed by atoms with Gasteiger partial charge in [0, 0.05) is 5.02 Å². The molecule has 0 unspecified atom stereocenters. The highest BCUT2D eigenvalue weighted by molar-refractivity contribution is 6.30. The van der Waals surface area contributed by atoms with Crippen molar-refractivity contribution in [2.45, 2.75) is 26.8 Å². The van der Waals surface area contributed by atoms with E-state index in [1.807, 2.05) is 0 Å². The van der Waals surface area contributed by atoms with Crippen LogP contribution in [0.3, 0.4) is 0 Å². The fourth-order valence-corrected chi connectivity index (χ4v) is 2.55. The summed E-state index contributed by atoms with van der Waals surface area (Å²) in [6.07, 6.45) is 2.84. The van der Waals surface area contributed by atoms with E-state index in [1.165, 1.54) is 18.4 Å². The van der Waals surface area contributed by atoms with Gasteiger partial charge in [0.25, 0.3) is 11.8 Å². The third kappa shape index (κ3) is 6.50. The van der Waals surface area contributed by atoms with E-state index in [0.717, 1.165) is 0 Å². The van der Waals surface area contributed by atoms with Crippen LogP contribution in [0.1, 0.15) is 36.9 Å². The van der Waals surface area contributed by atoms with Gasteiger partial charge in [0.1, 0.15) is 11.7 Å². The maximum Gasteiger partial charge on any atom is 0.328 e. The summed E-state index contributed by atoms with van der Waals surface area (Å²) in [5.74, 6) is -1.94. The molecule has 0 aliphatic rings. The Kier molecular flexibility index (Phi) is 8.03. The van der Waals surface area contributed by atoms with Gasteiger partial charge in [-0.1, -0.05) is 37.6 Å². The molecule has 1 aromatic heterocycles. The maximum absolute atomic E-state index is 12.9. The lowest BCUT2D eigenvalue weighted by Gasteiger charge is -2.21. The molecule has 29 heavy (non-hydrogen) atoms. The quantitative estimate of drug-likeness (QED) is 0.505. The molecule has 1 aromatic carbocycles. The molecule has 2 rings (SSSR count). The largest absolute Gasteiger partial charge is 0.464 e. The number of halogens is 1. The standard InChI is InChI=1S/C21H23ClN2O5/c1-4-28-21(27)18(13(2)3)24-19(25)16(12-14-7-9-15(22)10-8-14)23-20(26)17-6-5-11-29-17/h5-13,18H,4H2,1-3H3,(H,23,26)(H,24,25)/b16-12+/t18-/m0/s1. The number of amides is 2. The lowest BCUT2D eigenvalue weighted by atomic mass is 10.0. The van der Waals surface area contributed by atoms with Gasteiger partial charge in [-0.3, -0.25) is 9.59 Å². The molecule has 0 bridgehead atoms. The average Bonchev–Trinajstić information content (AvgIpc) is 3.21. The number of rotatable bonds is 8. The van der Waals surface area contributed by atoms with Crippen molar-refractivity contribution in [3.63, 3.8) is 0 Å². The predicted molar refractivity (Wildman–Crippen MR) is 109 cm³/mol. The summed E-state index contributed by atoms with van der Waals surface area (Å²) >= 11 is 5.90. The number of ether oxygens (including phenoxy) is 1. The van der Waals surface area contributed by atoms with Crippen LogP contribution in [0.2, 0.25) is 5.02 Å². The third-order valence-electron chi connectivity index (χ3n) is 3.91. The Morgan fingerprint density at radius 3 is 2.41 bits per heavy atom. The lowest BCUT2D eigenvalue weighted by Crippen LogP contribution is -2.47. The van der Waals surface area contributed by atoms with E-state index in [1.54, 1.807) is 51.1 Å². The molecule has 7 nitrogen and oxygen atoms in total. The first-order valence-corrected chi connectivity index (χ1v) is 9.49. The number of benzene rings is 1. The highest BCUT2D eigenvalue weighted by Crippen LogP contribution is 2.13. The topological polar surface area (TPSA) is 97.6 Å². The summed E-state index contributed by atoms with van der Waals surface area (Å²) in [5, 5.41) is 5.70. The molecule has 8 heteroatoms. The summed E-state index contributed by atoms with van der Waals surface area (Å²) in [5.41, 5.74) is 0.584. The first kappa shape index (κ1) is 22.2. The molecule has 0 spiro atoms. The van der Waals surface area contributed by atoms with Crippen molar-refractivity contribution in [3.05, 3.63) is 64.7 Å². The molecule has 0 aliphatic heterocycles. The molecule has 2 aromatic rings. The van der Waals surface area contributed by atoms with E-state index >= 15 is 0 Å². The van der Waals surface area contributed by atoms with Gasteiger partial charge < -0.3 is 19.8 Å². The van der Waals surface area contributed by atoms with Crippen LogP contribution in [0.5, 0.6) is 0 Å². The molecule has 1 atom stereocenters. The third-order valence-corrected chi connectivity index (χ3v) is 4.16. The van der Waals surface area contributed by atoms with Crippen LogP contribution in [-0.2, 0) is 14.3 Å². The lowest BCUT2D eigenvalue weighted by molar-refractivity contribution is -0.148. The number of esters is 1. The van der Waals surface area contributed by atoms with E-state index in [2.05, 4.69) is 10.6 Å². The Balaban J connectivity index is 2.29.